The van der Waals surface area contributed by atoms with Crippen LogP contribution < -0.4 is 0 Å². The lowest BCUT2D eigenvalue weighted by atomic mass is 10.0. The molecule has 25 heavy (non-hydrogen) atoms. The van der Waals surface area contributed by atoms with Gasteiger partial charge in [0.05, 0.1) is 17.7 Å². The van der Waals surface area contributed by atoms with Crippen molar-refractivity contribution < 1.29 is 14.3 Å². The van der Waals surface area contributed by atoms with E-state index in [0.717, 1.165) is 41.0 Å². The summed E-state index contributed by atoms with van der Waals surface area (Å²) in [7, 11) is 0. The first kappa shape index (κ1) is 19.0. The zero-order chi connectivity index (χ0) is 18.2. The number of carbonyl (C=O) groups is 1. The van der Waals surface area contributed by atoms with Gasteiger partial charge in [0.2, 0.25) is 0 Å². The summed E-state index contributed by atoms with van der Waals surface area (Å²) in [5.74, 6) is 1.02. The minimum Gasteiger partial charge on any atom is -0.444 e. The van der Waals surface area contributed by atoms with Crippen LogP contribution in [-0.2, 0) is 16.1 Å². The van der Waals surface area contributed by atoms with Crippen molar-refractivity contribution >= 4 is 33.6 Å². The van der Waals surface area contributed by atoms with Gasteiger partial charge < -0.3 is 14.4 Å². The van der Waals surface area contributed by atoms with E-state index in [9.17, 15) is 4.79 Å². The van der Waals surface area contributed by atoms with Gasteiger partial charge in [-0.05, 0) is 73.0 Å². The molecule has 1 aliphatic heterocycles. The fourth-order valence-electron chi connectivity index (χ4n) is 3.72. The fraction of sp³-hybridized carbons (Fsp3) is 0.632. The van der Waals surface area contributed by atoms with Gasteiger partial charge in [-0.15, -0.1) is 0 Å². The normalized spacial score (nSPS) is 26.0. The Morgan fingerprint density at radius 3 is 2.52 bits per heavy atom. The lowest BCUT2D eigenvalue weighted by Crippen LogP contribution is -2.36. The molecule has 0 N–H and O–H groups in total. The maximum atomic E-state index is 12.2. The number of halogens is 2. The summed E-state index contributed by atoms with van der Waals surface area (Å²) in [4.78, 5) is 14.1. The van der Waals surface area contributed by atoms with Crippen LogP contribution in [0.25, 0.3) is 0 Å². The molecule has 1 aliphatic carbocycles. The van der Waals surface area contributed by atoms with Crippen molar-refractivity contribution in [2.75, 3.05) is 13.1 Å². The molecule has 2 fully saturated rings. The van der Waals surface area contributed by atoms with Crippen molar-refractivity contribution in [2.24, 2.45) is 11.8 Å². The molecule has 3 rings (SSSR count). The molecule has 1 amide bonds. The fourth-order valence-corrected chi connectivity index (χ4v) is 4.31. The number of carbonyl (C=O) groups excluding carboxylic acids is 1. The lowest BCUT2D eigenvalue weighted by Gasteiger charge is -2.25. The van der Waals surface area contributed by atoms with Gasteiger partial charge >= 0.3 is 6.09 Å². The Labute approximate surface area is 162 Å². The van der Waals surface area contributed by atoms with Gasteiger partial charge in [0.25, 0.3) is 0 Å². The molecule has 4 nitrogen and oxygen atoms in total. The highest BCUT2D eigenvalue weighted by Gasteiger charge is 2.43. The van der Waals surface area contributed by atoms with Gasteiger partial charge in [-0.3, -0.25) is 0 Å². The first-order valence-electron chi connectivity index (χ1n) is 8.75. The Kier molecular flexibility index (Phi) is 5.66. The highest BCUT2D eigenvalue weighted by molar-refractivity contribution is 9.10. The van der Waals surface area contributed by atoms with Gasteiger partial charge in [0, 0.05) is 17.6 Å². The van der Waals surface area contributed by atoms with Crippen molar-refractivity contribution in [3.63, 3.8) is 0 Å². The van der Waals surface area contributed by atoms with Crippen LogP contribution in [0.3, 0.4) is 0 Å². The zero-order valence-corrected chi connectivity index (χ0v) is 17.3. The van der Waals surface area contributed by atoms with Crippen LogP contribution in [0.5, 0.6) is 0 Å². The predicted octanol–water partition coefficient (Wildman–Crippen LogP) is 5.26. The third-order valence-corrected chi connectivity index (χ3v) is 6.20. The predicted molar refractivity (Wildman–Crippen MR) is 102 cm³/mol. The van der Waals surface area contributed by atoms with Gasteiger partial charge in [-0.25, -0.2) is 4.79 Å². The van der Waals surface area contributed by atoms with E-state index >= 15 is 0 Å². The number of amides is 1. The molecular weight excluding hydrogens is 406 g/mol. The van der Waals surface area contributed by atoms with E-state index < -0.39 is 5.60 Å². The number of hydrogen-bond donors (Lipinski definition) is 0. The Hall–Kier alpha value is -0.780. The first-order chi connectivity index (χ1) is 11.7. The number of hydrogen-bond acceptors (Lipinski definition) is 3. The summed E-state index contributed by atoms with van der Waals surface area (Å²) >= 11 is 9.74. The second-order valence-corrected chi connectivity index (χ2v) is 9.26. The molecule has 6 heteroatoms. The maximum Gasteiger partial charge on any atom is 0.410 e. The average molecular weight is 431 g/mol. The average Bonchev–Trinajstić information content (AvgIpc) is 3.05. The van der Waals surface area contributed by atoms with E-state index in [-0.39, 0.29) is 12.2 Å². The minimum atomic E-state index is -0.441. The molecule has 2 aliphatic rings. The van der Waals surface area contributed by atoms with Crippen LogP contribution in [0.1, 0.15) is 39.2 Å². The summed E-state index contributed by atoms with van der Waals surface area (Å²) in [6.45, 7) is 7.78. The third-order valence-electron chi connectivity index (χ3n) is 4.87. The van der Waals surface area contributed by atoms with Crippen LogP contribution >= 0.6 is 27.5 Å². The summed E-state index contributed by atoms with van der Waals surface area (Å²) in [6.07, 6.45) is 2.04. The molecule has 0 aromatic heterocycles. The van der Waals surface area contributed by atoms with Crippen LogP contribution in [0, 0.1) is 11.8 Å². The molecule has 1 heterocycles. The van der Waals surface area contributed by atoms with E-state index in [0.29, 0.717) is 18.4 Å². The van der Waals surface area contributed by atoms with E-state index in [1.165, 1.54) is 0 Å². The van der Waals surface area contributed by atoms with Gasteiger partial charge in [0.15, 0.2) is 0 Å². The van der Waals surface area contributed by atoms with E-state index in [2.05, 4.69) is 15.9 Å². The Balaban J connectivity index is 1.48. The highest BCUT2D eigenvalue weighted by atomic mass is 79.9. The SMILES string of the molecule is CC(C)(C)OC(=O)N1C[C@H]2C[C@H](OCc3cccc(Br)c3Cl)C[C@H]2C1. The monoisotopic (exact) mass is 429 g/mol. The quantitative estimate of drug-likeness (QED) is 0.656. The van der Waals surface area contributed by atoms with Gasteiger partial charge in [0.1, 0.15) is 5.60 Å². The number of likely N-dealkylation sites (tertiary alicyclic amines) is 1. The standard InChI is InChI=1S/C19H25BrClNO3/c1-19(2,3)25-18(23)22-9-13-7-15(8-14(13)10-22)24-11-12-5-4-6-16(20)17(12)21/h4-6,13-15H,7-11H2,1-3H3/t13-,14+,15+. The molecule has 1 saturated carbocycles. The molecule has 138 valence electrons. The largest absolute Gasteiger partial charge is 0.444 e. The number of fused-ring (bicyclic) bond motifs is 1. The molecule has 0 unspecified atom stereocenters. The lowest BCUT2D eigenvalue weighted by molar-refractivity contribution is 0.0205. The molecule has 1 aromatic rings. The Bertz CT molecular complexity index is 632. The zero-order valence-electron chi connectivity index (χ0n) is 14.9. The van der Waals surface area contributed by atoms with Crippen LogP contribution in [0.15, 0.2) is 22.7 Å². The molecule has 3 atom stereocenters. The first-order valence-corrected chi connectivity index (χ1v) is 9.92. The smallest absolute Gasteiger partial charge is 0.410 e. The topological polar surface area (TPSA) is 38.8 Å². The van der Waals surface area contributed by atoms with E-state index in [1.54, 1.807) is 0 Å². The van der Waals surface area contributed by atoms with Crippen molar-refractivity contribution in [3.8, 4) is 0 Å². The van der Waals surface area contributed by atoms with Crippen molar-refractivity contribution in [1.29, 1.82) is 0 Å². The molecule has 1 saturated heterocycles. The van der Waals surface area contributed by atoms with Crippen LogP contribution in [-0.4, -0.2) is 35.8 Å². The number of nitrogens with zero attached hydrogens (tertiary/aromatic N) is 1. The second-order valence-electron chi connectivity index (χ2n) is 8.02. The van der Waals surface area contributed by atoms with Gasteiger partial charge in [-0.2, -0.15) is 0 Å². The molecular formula is C19H25BrClNO3. The highest BCUT2D eigenvalue weighted by Crippen LogP contribution is 2.40. The molecule has 0 spiro atoms. The van der Waals surface area contributed by atoms with Crippen molar-refractivity contribution in [2.45, 2.75) is 51.9 Å². The number of ether oxygens (including phenoxy) is 2. The molecule has 1 aromatic carbocycles. The van der Waals surface area contributed by atoms with Crippen LogP contribution in [0.2, 0.25) is 5.02 Å². The molecule has 0 bridgehead atoms. The van der Waals surface area contributed by atoms with E-state index in [4.69, 9.17) is 21.1 Å². The van der Waals surface area contributed by atoms with Crippen molar-refractivity contribution in [3.05, 3.63) is 33.3 Å². The summed E-state index contributed by atoms with van der Waals surface area (Å²) in [5.41, 5.74) is 0.562. The van der Waals surface area contributed by atoms with E-state index in [1.807, 2.05) is 43.9 Å². The Morgan fingerprint density at radius 1 is 1.28 bits per heavy atom. The number of rotatable bonds is 3. The summed E-state index contributed by atoms with van der Waals surface area (Å²) < 4.78 is 12.5. The second kappa shape index (κ2) is 7.45. The van der Waals surface area contributed by atoms with Crippen molar-refractivity contribution in [1.82, 2.24) is 4.90 Å². The maximum absolute atomic E-state index is 12.2. The molecule has 0 radical (unpaired) electrons. The summed E-state index contributed by atoms with van der Waals surface area (Å²) in [6, 6.07) is 5.89. The van der Waals surface area contributed by atoms with Gasteiger partial charge in [-0.1, -0.05) is 23.7 Å². The third kappa shape index (κ3) is 4.69. The minimum absolute atomic E-state index is 0.194. The van der Waals surface area contributed by atoms with Crippen LogP contribution in [0.4, 0.5) is 4.79 Å². The number of benzene rings is 1. The summed E-state index contributed by atoms with van der Waals surface area (Å²) in [5, 5.41) is 0.719. The Morgan fingerprint density at radius 2 is 1.92 bits per heavy atom.